The summed E-state index contributed by atoms with van der Waals surface area (Å²) in [6, 6.07) is 12.0. The molecule has 2 N–H and O–H groups in total. The van der Waals surface area contributed by atoms with Crippen molar-refractivity contribution in [2.45, 2.75) is 0 Å². The molecule has 132 valence electrons. The summed E-state index contributed by atoms with van der Waals surface area (Å²) in [7, 11) is 3.82. The van der Waals surface area contributed by atoms with E-state index in [4.69, 9.17) is 0 Å². The lowest BCUT2D eigenvalue weighted by atomic mass is 10.1. The molecule has 2 aromatic carbocycles. The highest BCUT2D eigenvalue weighted by Crippen LogP contribution is 2.24. The number of hydrogen-bond donors (Lipinski definition) is 2. The van der Waals surface area contributed by atoms with Crippen LogP contribution in [0.5, 0.6) is 5.75 Å². The van der Waals surface area contributed by atoms with Crippen molar-refractivity contribution in [3.05, 3.63) is 59.7 Å². The van der Waals surface area contributed by atoms with E-state index >= 15 is 0 Å². The average molecular weight is 351 g/mol. The monoisotopic (exact) mass is 351 g/mol. The summed E-state index contributed by atoms with van der Waals surface area (Å²) in [5, 5.41) is 11.5. The van der Waals surface area contributed by atoms with Gasteiger partial charge in [0.25, 0.3) is 11.8 Å². The second-order valence-corrected chi connectivity index (χ2v) is 5.96. The second kappa shape index (κ2) is 6.72. The second-order valence-electron chi connectivity index (χ2n) is 5.96. The predicted molar refractivity (Wildman–Crippen MR) is 97.9 cm³/mol. The Balaban J connectivity index is 1.95. The van der Waals surface area contributed by atoms with Gasteiger partial charge in [0, 0.05) is 19.8 Å². The molecule has 0 spiro atoms. The van der Waals surface area contributed by atoms with Gasteiger partial charge in [-0.1, -0.05) is 12.1 Å². The zero-order valence-corrected chi connectivity index (χ0v) is 14.3. The highest BCUT2D eigenvalue weighted by molar-refractivity contribution is 6.39. The molecule has 0 atom stereocenters. The molecule has 0 saturated carbocycles. The van der Waals surface area contributed by atoms with Crippen molar-refractivity contribution < 1.29 is 19.5 Å². The van der Waals surface area contributed by atoms with Crippen molar-refractivity contribution >= 4 is 35.3 Å². The van der Waals surface area contributed by atoms with E-state index in [0.29, 0.717) is 5.56 Å². The first kappa shape index (κ1) is 17.2. The molecule has 4 amide bonds. The standard InChI is InChI=1S/C19H17N3O4/c1-21(2)13-5-3-12(4-6-13)11-16-17(24)20-19(26)22(18(16)25)14-7-9-15(23)10-8-14/h3-11,23H,1-2H3,(H,20,24,26)/b16-11+. The van der Waals surface area contributed by atoms with E-state index in [2.05, 4.69) is 5.32 Å². The van der Waals surface area contributed by atoms with Crippen molar-refractivity contribution in [2.75, 3.05) is 23.9 Å². The van der Waals surface area contributed by atoms with Crippen LogP contribution in [0.2, 0.25) is 0 Å². The first-order valence-corrected chi connectivity index (χ1v) is 7.84. The number of carbonyl (C=O) groups excluding carboxylic acids is 3. The normalized spacial score (nSPS) is 16.0. The number of nitrogens with zero attached hydrogens (tertiary/aromatic N) is 2. The van der Waals surface area contributed by atoms with Gasteiger partial charge in [0.1, 0.15) is 11.3 Å². The van der Waals surface area contributed by atoms with Crippen LogP contribution in [0.1, 0.15) is 5.56 Å². The molecule has 0 bridgehead atoms. The lowest BCUT2D eigenvalue weighted by molar-refractivity contribution is -0.122. The zero-order valence-electron chi connectivity index (χ0n) is 14.3. The fourth-order valence-corrected chi connectivity index (χ4v) is 2.53. The molecular formula is C19H17N3O4. The highest BCUT2D eigenvalue weighted by atomic mass is 16.3. The van der Waals surface area contributed by atoms with E-state index in [9.17, 15) is 19.5 Å². The van der Waals surface area contributed by atoms with E-state index in [1.165, 1.54) is 30.3 Å². The van der Waals surface area contributed by atoms with Crippen LogP contribution in [-0.2, 0) is 9.59 Å². The smallest absolute Gasteiger partial charge is 0.335 e. The van der Waals surface area contributed by atoms with Gasteiger partial charge in [-0.3, -0.25) is 14.9 Å². The Kier molecular flexibility index (Phi) is 4.45. The highest BCUT2D eigenvalue weighted by Gasteiger charge is 2.36. The molecule has 0 radical (unpaired) electrons. The summed E-state index contributed by atoms with van der Waals surface area (Å²) in [5.41, 5.74) is 1.75. The number of rotatable bonds is 3. The summed E-state index contributed by atoms with van der Waals surface area (Å²) in [6.07, 6.45) is 1.44. The van der Waals surface area contributed by atoms with Gasteiger partial charge in [-0.25, -0.2) is 9.69 Å². The molecule has 7 nitrogen and oxygen atoms in total. The van der Waals surface area contributed by atoms with Crippen molar-refractivity contribution in [1.82, 2.24) is 5.32 Å². The predicted octanol–water partition coefficient (Wildman–Crippen LogP) is 2.12. The number of imide groups is 2. The molecule has 3 rings (SSSR count). The number of anilines is 2. The quantitative estimate of drug-likeness (QED) is 0.653. The maximum absolute atomic E-state index is 12.7. The fraction of sp³-hybridized carbons (Fsp3) is 0.105. The topological polar surface area (TPSA) is 90.0 Å². The van der Waals surface area contributed by atoms with Crippen LogP contribution in [0.15, 0.2) is 54.1 Å². The third-order valence-corrected chi connectivity index (χ3v) is 3.93. The maximum atomic E-state index is 12.7. The van der Waals surface area contributed by atoms with Gasteiger partial charge in [0.05, 0.1) is 5.69 Å². The van der Waals surface area contributed by atoms with Crippen molar-refractivity contribution in [2.24, 2.45) is 0 Å². The Morgan fingerprint density at radius 1 is 0.962 bits per heavy atom. The van der Waals surface area contributed by atoms with Crippen molar-refractivity contribution in [1.29, 1.82) is 0 Å². The van der Waals surface area contributed by atoms with Gasteiger partial charge < -0.3 is 10.0 Å². The van der Waals surface area contributed by atoms with Crippen LogP contribution in [-0.4, -0.2) is 37.0 Å². The third kappa shape index (κ3) is 3.27. The molecule has 1 saturated heterocycles. The summed E-state index contributed by atoms with van der Waals surface area (Å²) in [5.74, 6) is -1.46. The summed E-state index contributed by atoms with van der Waals surface area (Å²) in [4.78, 5) is 39.7. The summed E-state index contributed by atoms with van der Waals surface area (Å²) >= 11 is 0. The SMILES string of the molecule is CN(C)c1ccc(/C=C2\C(=O)NC(=O)N(c3ccc(O)cc3)C2=O)cc1. The largest absolute Gasteiger partial charge is 0.508 e. The van der Waals surface area contributed by atoms with Gasteiger partial charge in [-0.15, -0.1) is 0 Å². The molecule has 0 aliphatic carbocycles. The molecule has 26 heavy (non-hydrogen) atoms. The number of barbiturate groups is 1. The number of aromatic hydroxyl groups is 1. The zero-order chi connectivity index (χ0) is 18.8. The van der Waals surface area contributed by atoms with Gasteiger partial charge >= 0.3 is 6.03 Å². The minimum Gasteiger partial charge on any atom is -0.508 e. The number of benzene rings is 2. The van der Waals surface area contributed by atoms with E-state index in [-0.39, 0.29) is 17.0 Å². The van der Waals surface area contributed by atoms with E-state index < -0.39 is 17.8 Å². The molecule has 1 aliphatic heterocycles. The van der Waals surface area contributed by atoms with Crippen LogP contribution in [0.25, 0.3) is 6.08 Å². The first-order valence-electron chi connectivity index (χ1n) is 7.84. The lowest BCUT2D eigenvalue weighted by Crippen LogP contribution is -2.54. The maximum Gasteiger partial charge on any atom is 0.335 e. The van der Waals surface area contributed by atoms with E-state index in [1.54, 1.807) is 12.1 Å². The van der Waals surface area contributed by atoms with E-state index in [0.717, 1.165) is 10.6 Å². The Morgan fingerprint density at radius 2 is 1.58 bits per heavy atom. The Labute approximate surface area is 150 Å². The lowest BCUT2D eigenvalue weighted by Gasteiger charge is -2.26. The number of phenols is 1. The van der Waals surface area contributed by atoms with Crippen LogP contribution < -0.4 is 15.1 Å². The fourth-order valence-electron chi connectivity index (χ4n) is 2.53. The first-order chi connectivity index (χ1) is 12.4. The Hall–Kier alpha value is -3.61. The molecule has 0 unspecified atom stereocenters. The summed E-state index contributed by atoms with van der Waals surface area (Å²) in [6.45, 7) is 0. The number of urea groups is 1. The minimum absolute atomic E-state index is 0.00596. The number of hydrogen-bond acceptors (Lipinski definition) is 5. The molecule has 1 heterocycles. The van der Waals surface area contributed by atoms with Gasteiger partial charge in [-0.2, -0.15) is 0 Å². The molecule has 7 heteroatoms. The van der Waals surface area contributed by atoms with Crippen LogP contribution in [0.3, 0.4) is 0 Å². The Bertz CT molecular complexity index is 899. The molecule has 2 aromatic rings. The van der Waals surface area contributed by atoms with Gasteiger partial charge in [0.2, 0.25) is 0 Å². The number of nitrogens with one attached hydrogen (secondary N) is 1. The van der Waals surface area contributed by atoms with Crippen LogP contribution >= 0.6 is 0 Å². The minimum atomic E-state index is -0.828. The van der Waals surface area contributed by atoms with E-state index in [1.807, 2.05) is 31.1 Å². The number of amides is 4. The average Bonchev–Trinajstić information content (AvgIpc) is 2.60. The molecule has 1 aliphatic rings. The molecular weight excluding hydrogens is 334 g/mol. The van der Waals surface area contributed by atoms with Crippen LogP contribution in [0, 0.1) is 0 Å². The Morgan fingerprint density at radius 3 is 2.15 bits per heavy atom. The number of phenolic OH excluding ortho intramolecular Hbond substituents is 1. The van der Waals surface area contributed by atoms with Gasteiger partial charge in [-0.05, 0) is 48.0 Å². The molecule has 1 fully saturated rings. The van der Waals surface area contributed by atoms with Crippen LogP contribution in [0.4, 0.5) is 16.2 Å². The number of carbonyl (C=O) groups is 3. The van der Waals surface area contributed by atoms with Crippen molar-refractivity contribution in [3.8, 4) is 5.75 Å². The molecule has 0 aromatic heterocycles. The van der Waals surface area contributed by atoms with Gasteiger partial charge in [0.15, 0.2) is 0 Å². The van der Waals surface area contributed by atoms with Crippen molar-refractivity contribution in [3.63, 3.8) is 0 Å². The summed E-state index contributed by atoms with van der Waals surface area (Å²) < 4.78 is 0. The third-order valence-electron chi connectivity index (χ3n) is 3.93.